The number of piperidine rings is 1. The van der Waals surface area contributed by atoms with Crippen LogP contribution in [0.4, 0.5) is 11.8 Å². The number of hydrogen-bond donors (Lipinski definition) is 1. The van der Waals surface area contributed by atoms with E-state index in [1.807, 2.05) is 24.3 Å². The Labute approximate surface area is 210 Å². The number of fused-ring (bicyclic) bond motifs is 5. The fourth-order valence-electron chi connectivity index (χ4n) is 6.21. The minimum atomic E-state index is -0.0974. The van der Waals surface area contributed by atoms with Gasteiger partial charge in [-0.3, -0.25) is 0 Å². The number of nitrogens with zero attached hydrogens (tertiary/aromatic N) is 5. The van der Waals surface area contributed by atoms with Crippen LogP contribution >= 0.6 is 0 Å². The van der Waals surface area contributed by atoms with Gasteiger partial charge >= 0.3 is 0 Å². The van der Waals surface area contributed by atoms with Gasteiger partial charge in [-0.05, 0) is 49.6 Å². The smallest absolute Gasteiger partial charge is 0.229 e. The third kappa shape index (κ3) is 3.86. The van der Waals surface area contributed by atoms with Crippen molar-refractivity contribution in [3.05, 3.63) is 35.9 Å². The fourth-order valence-corrected chi connectivity index (χ4v) is 6.21. The summed E-state index contributed by atoms with van der Waals surface area (Å²) in [5.74, 6) is 2.88. The molecule has 0 aliphatic carbocycles. The summed E-state index contributed by atoms with van der Waals surface area (Å²) in [6.45, 7) is 4.14. The summed E-state index contributed by atoms with van der Waals surface area (Å²) in [5, 5.41) is 10.8. The molecule has 0 radical (unpaired) electrons. The molecule has 188 valence electrons. The molecule has 9 nitrogen and oxygen atoms in total. The van der Waals surface area contributed by atoms with E-state index in [4.69, 9.17) is 29.2 Å². The lowest BCUT2D eigenvalue weighted by atomic mass is 10.00. The summed E-state index contributed by atoms with van der Waals surface area (Å²) < 4.78 is 17.4. The van der Waals surface area contributed by atoms with Crippen LogP contribution in [0.5, 0.6) is 5.75 Å². The lowest BCUT2D eigenvalue weighted by molar-refractivity contribution is 0.0299. The highest BCUT2D eigenvalue weighted by Gasteiger charge is 2.37. The van der Waals surface area contributed by atoms with E-state index in [0.29, 0.717) is 17.3 Å². The highest BCUT2D eigenvalue weighted by Crippen LogP contribution is 2.36. The molecular weight excluding hydrogens is 458 g/mol. The second-order valence-corrected chi connectivity index (χ2v) is 10.4. The average molecular weight is 490 g/mol. The topological polar surface area (TPSA) is 93.1 Å². The number of ether oxygens (including phenoxy) is 3. The summed E-state index contributed by atoms with van der Waals surface area (Å²) in [6.07, 6.45) is 4.09. The predicted octanol–water partition coefficient (Wildman–Crippen LogP) is 2.79. The number of morpholine rings is 1. The van der Waals surface area contributed by atoms with Crippen molar-refractivity contribution in [2.75, 3.05) is 49.7 Å². The largest absolute Gasteiger partial charge is 0.496 e. The Morgan fingerprint density at radius 1 is 0.972 bits per heavy atom. The van der Waals surface area contributed by atoms with Gasteiger partial charge in [0.1, 0.15) is 11.6 Å². The number of hydrogen-bond acceptors (Lipinski definition) is 9. The molecule has 7 rings (SSSR count). The van der Waals surface area contributed by atoms with Crippen molar-refractivity contribution in [2.45, 2.75) is 44.2 Å². The third-order valence-electron chi connectivity index (χ3n) is 7.97. The first kappa shape index (κ1) is 22.2. The van der Waals surface area contributed by atoms with Crippen LogP contribution in [-0.2, 0) is 16.1 Å². The molecule has 36 heavy (non-hydrogen) atoms. The van der Waals surface area contributed by atoms with Gasteiger partial charge in [-0.1, -0.05) is 0 Å². The standard InChI is InChI=1S/C27H31N5O4/c1-34-24-7-2-17(9-18(24)14-33)23-6-5-22-25(28-23)29-27(32-11-19-3-4-20(12-32)36-19)30-26(22)31-10-16-8-21(13-31)35-15-16/h2,5-7,9,16,19-21,33H,3-4,8,10-15H2,1H3. The minimum absolute atomic E-state index is 0.0974. The Balaban J connectivity index is 1.32. The van der Waals surface area contributed by atoms with Gasteiger partial charge in [-0.25, -0.2) is 4.98 Å². The van der Waals surface area contributed by atoms with Crippen LogP contribution in [0.25, 0.3) is 22.3 Å². The summed E-state index contributed by atoms with van der Waals surface area (Å²) in [7, 11) is 1.61. The summed E-state index contributed by atoms with van der Waals surface area (Å²) in [5.41, 5.74) is 3.14. The molecule has 3 aromatic rings. The second-order valence-electron chi connectivity index (χ2n) is 10.4. The van der Waals surface area contributed by atoms with E-state index >= 15 is 0 Å². The Morgan fingerprint density at radius 2 is 1.81 bits per heavy atom. The Bertz CT molecular complexity index is 1280. The lowest BCUT2D eigenvalue weighted by Gasteiger charge is -2.35. The number of benzene rings is 1. The number of pyridine rings is 1. The SMILES string of the molecule is COc1ccc(-c2ccc3c(N4CC5COC(C5)C4)nc(N4CC5CCC(C4)O5)nc3n2)cc1CO. The molecule has 4 aliphatic rings. The fraction of sp³-hybridized carbons (Fsp3) is 0.519. The molecule has 2 aromatic heterocycles. The van der Waals surface area contributed by atoms with E-state index in [9.17, 15) is 5.11 Å². The molecule has 4 atom stereocenters. The van der Waals surface area contributed by atoms with Crippen LogP contribution in [0.1, 0.15) is 24.8 Å². The zero-order valence-corrected chi connectivity index (χ0v) is 20.5. The first-order valence-electron chi connectivity index (χ1n) is 12.9. The minimum Gasteiger partial charge on any atom is -0.496 e. The number of aliphatic hydroxyl groups is 1. The maximum Gasteiger partial charge on any atom is 0.229 e. The van der Waals surface area contributed by atoms with E-state index in [-0.39, 0.29) is 24.9 Å². The molecule has 9 heteroatoms. The highest BCUT2D eigenvalue weighted by atomic mass is 16.5. The zero-order chi connectivity index (χ0) is 24.2. The number of aromatic nitrogens is 3. The van der Waals surface area contributed by atoms with E-state index < -0.39 is 0 Å². The first-order chi connectivity index (χ1) is 17.7. The van der Waals surface area contributed by atoms with Crippen LogP contribution in [0.2, 0.25) is 0 Å². The molecule has 4 aliphatic heterocycles. The van der Waals surface area contributed by atoms with Crippen molar-refractivity contribution in [1.82, 2.24) is 15.0 Å². The van der Waals surface area contributed by atoms with Gasteiger partial charge in [0.15, 0.2) is 5.65 Å². The number of aliphatic hydroxyl groups excluding tert-OH is 1. The van der Waals surface area contributed by atoms with Crippen molar-refractivity contribution in [2.24, 2.45) is 5.92 Å². The highest BCUT2D eigenvalue weighted by molar-refractivity contribution is 5.90. The molecule has 4 bridgehead atoms. The van der Waals surface area contributed by atoms with Gasteiger partial charge in [-0.2, -0.15) is 9.97 Å². The number of methoxy groups -OCH3 is 1. The van der Waals surface area contributed by atoms with Gasteiger partial charge < -0.3 is 29.1 Å². The maximum atomic E-state index is 9.80. The quantitative estimate of drug-likeness (QED) is 0.581. The summed E-state index contributed by atoms with van der Waals surface area (Å²) in [4.78, 5) is 19.8. The van der Waals surface area contributed by atoms with Crippen LogP contribution in [-0.4, -0.2) is 78.3 Å². The predicted molar refractivity (Wildman–Crippen MR) is 135 cm³/mol. The van der Waals surface area contributed by atoms with Crippen LogP contribution in [0, 0.1) is 5.92 Å². The Hall–Kier alpha value is -3.01. The normalized spacial score (nSPS) is 27.2. The van der Waals surface area contributed by atoms with Gasteiger partial charge in [-0.15, -0.1) is 0 Å². The molecule has 4 fully saturated rings. The van der Waals surface area contributed by atoms with Crippen molar-refractivity contribution in [3.8, 4) is 17.0 Å². The van der Waals surface area contributed by atoms with Gasteiger partial charge in [0.25, 0.3) is 0 Å². The van der Waals surface area contributed by atoms with E-state index in [2.05, 4.69) is 15.9 Å². The summed E-state index contributed by atoms with van der Waals surface area (Å²) in [6, 6.07) is 9.86. The van der Waals surface area contributed by atoms with E-state index in [0.717, 1.165) is 86.0 Å². The van der Waals surface area contributed by atoms with Crippen molar-refractivity contribution in [1.29, 1.82) is 0 Å². The molecule has 0 spiro atoms. The van der Waals surface area contributed by atoms with Crippen molar-refractivity contribution >= 4 is 22.8 Å². The number of rotatable bonds is 5. The molecule has 0 saturated carbocycles. The van der Waals surface area contributed by atoms with Gasteiger partial charge in [0, 0.05) is 43.2 Å². The number of anilines is 2. The lowest BCUT2D eigenvalue weighted by Crippen LogP contribution is -2.44. The van der Waals surface area contributed by atoms with E-state index in [1.54, 1.807) is 7.11 Å². The van der Waals surface area contributed by atoms with Crippen molar-refractivity contribution in [3.63, 3.8) is 0 Å². The average Bonchev–Trinajstić information content (AvgIpc) is 3.45. The summed E-state index contributed by atoms with van der Waals surface area (Å²) >= 11 is 0. The zero-order valence-electron chi connectivity index (χ0n) is 20.5. The van der Waals surface area contributed by atoms with Crippen LogP contribution in [0.15, 0.2) is 30.3 Å². The molecule has 4 unspecified atom stereocenters. The Morgan fingerprint density at radius 3 is 2.58 bits per heavy atom. The molecule has 6 heterocycles. The van der Waals surface area contributed by atoms with Gasteiger partial charge in [0.2, 0.25) is 5.95 Å². The monoisotopic (exact) mass is 489 g/mol. The second kappa shape index (κ2) is 8.83. The molecule has 0 amide bonds. The van der Waals surface area contributed by atoms with Crippen molar-refractivity contribution < 1.29 is 19.3 Å². The van der Waals surface area contributed by atoms with Crippen LogP contribution < -0.4 is 14.5 Å². The van der Waals surface area contributed by atoms with Gasteiger partial charge in [0.05, 0.1) is 49.7 Å². The maximum absolute atomic E-state index is 9.80. The Kier molecular flexibility index (Phi) is 5.45. The first-order valence-corrected chi connectivity index (χ1v) is 12.9. The third-order valence-corrected chi connectivity index (χ3v) is 7.97. The molecular formula is C27H31N5O4. The molecule has 1 N–H and O–H groups in total. The molecule has 4 saturated heterocycles. The van der Waals surface area contributed by atoms with Crippen LogP contribution in [0.3, 0.4) is 0 Å². The molecule has 1 aromatic carbocycles. The van der Waals surface area contributed by atoms with E-state index in [1.165, 1.54) is 0 Å².